The summed E-state index contributed by atoms with van der Waals surface area (Å²) in [5.41, 5.74) is 0.725. The molecule has 2 aromatic rings. The van der Waals surface area contributed by atoms with E-state index in [0.29, 0.717) is 6.29 Å². The molecule has 0 saturated heterocycles. The van der Waals surface area contributed by atoms with Gasteiger partial charge in [0.1, 0.15) is 0 Å². The van der Waals surface area contributed by atoms with Crippen LogP contribution >= 0.6 is 15.9 Å². The largest absolute Gasteiger partial charge is 0.311 e. The molecule has 4 heteroatoms. The number of benzene rings is 1. The Labute approximate surface area is 94.5 Å². The Hall–Kier alpha value is -1.42. The number of carbonyl (C=O) groups is 1. The number of aryl methyl sites for hydroxylation is 1. The van der Waals surface area contributed by atoms with Gasteiger partial charge in [0, 0.05) is 11.5 Å². The van der Waals surface area contributed by atoms with Gasteiger partial charge in [-0.2, -0.15) is 0 Å². The maximum atomic E-state index is 11.6. The summed E-state index contributed by atoms with van der Waals surface area (Å²) < 4.78 is 2.38. The third kappa shape index (κ3) is 1.61. The molecule has 0 fully saturated rings. The normalized spacial score (nSPS) is 10.5. The van der Waals surface area contributed by atoms with Crippen molar-refractivity contribution in [1.82, 2.24) is 4.57 Å². The van der Waals surface area contributed by atoms with Crippen LogP contribution in [-0.4, -0.2) is 10.9 Å². The van der Waals surface area contributed by atoms with Crippen molar-refractivity contribution in [3.05, 3.63) is 44.7 Å². The third-order valence-electron chi connectivity index (χ3n) is 2.34. The van der Waals surface area contributed by atoms with E-state index in [1.807, 2.05) is 18.2 Å². The molecule has 0 saturated carbocycles. The predicted molar refractivity (Wildman–Crippen MR) is 62.3 cm³/mol. The first kappa shape index (κ1) is 10.1. The summed E-state index contributed by atoms with van der Waals surface area (Å²) in [6, 6.07) is 7.20. The van der Waals surface area contributed by atoms with Crippen LogP contribution in [0.2, 0.25) is 0 Å². The zero-order valence-electron chi connectivity index (χ0n) is 8.03. The first-order valence-electron chi connectivity index (χ1n) is 4.38. The van der Waals surface area contributed by atoms with E-state index in [9.17, 15) is 9.59 Å². The minimum Gasteiger partial charge on any atom is -0.311 e. The van der Waals surface area contributed by atoms with Crippen LogP contribution in [0.15, 0.2) is 33.5 Å². The van der Waals surface area contributed by atoms with Crippen molar-refractivity contribution in [1.29, 1.82) is 0 Å². The average molecular weight is 266 g/mol. The predicted octanol–water partition coefficient (Wildman–Crippen LogP) is 2.11. The highest BCUT2D eigenvalue weighted by atomic mass is 79.9. The van der Waals surface area contributed by atoms with Gasteiger partial charge in [0.15, 0.2) is 6.29 Å². The maximum absolute atomic E-state index is 11.6. The summed E-state index contributed by atoms with van der Waals surface area (Å²) in [6.07, 6.45) is 0.587. The molecule has 2 rings (SSSR count). The SMILES string of the molecule is Cn1c(=O)c(C=O)cc2ccc(Br)cc21. The number of aldehydes is 1. The number of halogens is 1. The summed E-state index contributed by atoms with van der Waals surface area (Å²) in [4.78, 5) is 22.3. The van der Waals surface area contributed by atoms with Crippen LogP contribution in [0.1, 0.15) is 10.4 Å². The van der Waals surface area contributed by atoms with Crippen molar-refractivity contribution in [2.45, 2.75) is 0 Å². The molecule has 76 valence electrons. The van der Waals surface area contributed by atoms with Gasteiger partial charge in [-0.3, -0.25) is 9.59 Å². The van der Waals surface area contributed by atoms with E-state index < -0.39 is 0 Å². The molecule has 0 bridgehead atoms. The van der Waals surface area contributed by atoms with Crippen LogP contribution in [0.25, 0.3) is 10.9 Å². The van der Waals surface area contributed by atoms with Gasteiger partial charge in [-0.05, 0) is 23.6 Å². The van der Waals surface area contributed by atoms with Gasteiger partial charge >= 0.3 is 0 Å². The first-order chi connectivity index (χ1) is 7.13. The van der Waals surface area contributed by atoms with Crippen molar-refractivity contribution < 1.29 is 4.79 Å². The molecule has 3 nitrogen and oxygen atoms in total. The summed E-state index contributed by atoms with van der Waals surface area (Å²) in [6.45, 7) is 0. The fourth-order valence-corrected chi connectivity index (χ4v) is 1.90. The topological polar surface area (TPSA) is 39.1 Å². The molecule has 1 heterocycles. The standard InChI is InChI=1S/C11H8BrNO2/c1-13-10-5-9(12)3-2-7(10)4-8(6-14)11(13)15/h2-6H,1H3. The Kier molecular flexibility index (Phi) is 2.44. The second-order valence-electron chi connectivity index (χ2n) is 3.28. The van der Waals surface area contributed by atoms with Gasteiger partial charge in [-0.25, -0.2) is 0 Å². The molecule has 0 spiro atoms. The molecule has 0 aliphatic heterocycles. The fraction of sp³-hybridized carbons (Fsp3) is 0.0909. The fourth-order valence-electron chi connectivity index (χ4n) is 1.55. The van der Waals surface area contributed by atoms with E-state index in [1.54, 1.807) is 13.1 Å². The Balaban J connectivity index is 2.97. The number of hydrogen-bond acceptors (Lipinski definition) is 2. The van der Waals surface area contributed by atoms with E-state index in [1.165, 1.54) is 4.57 Å². The molecular weight excluding hydrogens is 258 g/mol. The molecular formula is C11H8BrNO2. The molecule has 0 radical (unpaired) electrons. The van der Waals surface area contributed by atoms with Gasteiger partial charge < -0.3 is 4.57 Å². The Morgan fingerprint density at radius 3 is 2.73 bits per heavy atom. The highest BCUT2D eigenvalue weighted by Gasteiger charge is 2.05. The molecule has 0 amide bonds. The van der Waals surface area contributed by atoms with Crippen molar-refractivity contribution in [3.63, 3.8) is 0 Å². The molecule has 0 unspecified atom stereocenters. The maximum Gasteiger partial charge on any atom is 0.261 e. The Morgan fingerprint density at radius 2 is 2.07 bits per heavy atom. The molecule has 15 heavy (non-hydrogen) atoms. The number of carbonyl (C=O) groups excluding carboxylic acids is 1. The number of fused-ring (bicyclic) bond motifs is 1. The van der Waals surface area contributed by atoms with Gasteiger partial charge in [0.2, 0.25) is 0 Å². The van der Waals surface area contributed by atoms with Crippen molar-refractivity contribution in [2.24, 2.45) is 7.05 Å². The van der Waals surface area contributed by atoms with E-state index in [-0.39, 0.29) is 11.1 Å². The Bertz CT molecular complexity index is 601. The number of nitrogens with zero attached hydrogens (tertiary/aromatic N) is 1. The van der Waals surface area contributed by atoms with E-state index in [4.69, 9.17) is 0 Å². The van der Waals surface area contributed by atoms with Crippen molar-refractivity contribution in [3.8, 4) is 0 Å². The minimum atomic E-state index is -0.268. The van der Waals surface area contributed by atoms with Crippen molar-refractivity contribution >= 4 is 33.1 Å². The van der Waals surface area contributed by atoms with Crippen molar-refractivity contribution in [2.75, 3.05) is 0 Å². The van der Waals surface area contributed by atoms with Crippen LogP contribution in [-0.2, 0) is 7.05 Å². The van der Waals surface area contributed by atoms with Crippen LogP contribution < -0.4 is 5.56 Å². The molecule has 0 aliphatic rings. The van der Waals surface area contributed by atoms with E-state index in [2.05, 4.69) is 15.9 Å². The molecule has 0 N–H and O–H groups in total. The minimum absolute atomic E-state index is 0.187. The molecule has 1 aromatic carbocycles. The highest BCUT2D eigenvalue weighted by molar-refractivity contribution is 9.10. The lowest BCUT2D eigenvalue weighted by atomic mass is 10.1. The monoisotopic (exact) mass is 265 g/mol. The quantitative estimate of drug-likeness (QED) is 0.741. The first-order valence-corrected chi connectivity index (χ1v) is 5.17. The number of rotatable bonds is 1. The number of aromatic nitrogens is 1. The van der Waals surface area contributed by atoms with Gasteiger partial charge in [0.25, 0.3) is 5.56 Å². The third-order valence-corrected chi connectivity index (χ3v) is 2.84. The van der Waals surface area contributed by atoms with Crippen LogP contribution in [0, 0.1) is 0 Å². The molecule has 1 aromatic heterocycles. The zero-order valence-corrected chi connectivity index (χ0v) is 9.61. The van der Waals surface area contributed by atoms with Crippen LogP contribution in [0.4, 0.5) is 0 Å². The lowest BCUT2D eigenvalue weighted by Crippen LogP contribution is -2.20. The summed E-state index contributed by atoms with van der Waals surface area (Å²) in [5.74, 6) is 0. The summed E-state index contributed by atoms with van der Waals surface area (Å²) in [5, 5.41) is 0.877. The highest BCUT2D eigenvalue weighted by Crippen LogP contribution is 2.18. The average Bonchev–Trinajstić information content (AvgIpc) is 2.24. The van der Waals surface area contributed by atoms with Crippen LogP contribution in [0.3, 0.4) is 0 Å². The molecule has 0 atom stereocenters. The Morgan fingerprint density at radius 1 is 1.33 bits per heavy atom. The number of hydrogen-bond donors (Lipinski definition) is 0. The summed E-state index contributed by atoms with van der Waals surface area (Å²) >= 11 is 3.34. The zero-order chi connectivity index (χ0) is 11.0. The van der Waals surface area contributed by atoms with E-state index in [0.717, 1.165) is 15.4 Å². The second kappa shape index (κ2) is 3.62. The smallest absolute Gasteiger partial charge is 0.261 e. The molecule has 0 aliphatic carbocycles. The van der Waals surface area contributed by atoms with Crippen LogP contribution in [0.5, 0.6) is 0 Å². The lowest BCUT2D eigenvalue weighted by molar-refractivity contribution is 0.112. The van der Waals surface area contributed by atoms with Gasteiger partial charge in [-0.1, -0.05) is 22.0 Å². The number of pyridine rings is 1. The second-order valence-corrected chi connectivity index (χ2v) is 4.20. The lowest BCUT2D eigenvalue weighted by Gasteiger charge is -2.05. The summed E-state index contributed by atoms with van der Waals surface area (Å²) in [7, 11) is 1.66. The van der Waals surface area contributed by atoms with Gasteiger partial charge in [0.05, 0.1) is 11.1 Å². The van der Waals surface area contributed by atoms with Gasteiger partial charge in [-0.15, -0.1) is 0 Å². The van der Waals surface area contributed by atoms with E-state index >= 15 is 0 Å².